The van der Waals surface area contributed by atoms with Crippen LogP contribution in [0, 0.1) is 0 Å². The molecule has 1 aliphatic carbocycles. The average Bonchev–Trinajstić information content (AvgIpc) is 2.29. The molecule has 2 rings (SSSR count). The van der Waals surface area contributed by atoms with Gasteiger partial charge in [-0.1, -0.05) is 12.1 Å². The molecule has 0 radical (unpaired) electrons. The van der Waals surface area contributed by atoms with Crippen LogP contribution in [0.15, 0.2) is 29.2 Å². The summed E-state index contributed by atoms with van der Waals surface area (Å²) in [6.45, 7) is 0. The van der Waals surface area contributed by atoms with Crippen molar-refractivity contribution in [2.75, 3.05) is 0 Å². The number of Topliss-reactive ketones (excluding diaryl/α,β-unsaturated/α-hetero) is 1. The lowest BCUT2D eigenvalue weighted by atomic mass is 9.95. The first-order chi connectivity index (χ1) is 7.65. The van der Waals surface area contributed by atoms with Crippen LogP contribution in [0.4, 0.5) is 0 Å². The molecule has 1 unspecified atom stereocenters. The molecule has 1 atom stereocenters. The minimum absolute atomic E-state index is 0.0547. The maximum Gasteiger partial charge on any atom is 0.362 e. The van der Waals surface area contributed by atoms with E-state index in [1.54, 1.807) is 0 Å². The lowest BCUT2D eigenvalue weighted by Crippen LogP contribution is -2.18. The van der Waals surface area contributed by atoms with E-state index in [9.17, 15) is 13.6 Å². The predicted octanol–water partition coefficient (Wildman–Crippen LogP) is 0.805. The molecule has 0 bridgehead atoms. The smallest absolute Gasteiger partial charge is 0.362 e. The molecule has 0 saturated heterocycles. The fourth-order valence-corrected chi connectivity index (χ4v) is 2.06. The lowest BCUT2D eigenvalue weighted by Gasteiger charge is -2.13. The van der Waals surface area contributed by atoms with E-state index < -0.39 is 16.9 Å². The van der Waals surface area contributed by atoms with Crippen LogP contribution >= 0.6 is 0 Å². The fraction of sp³-hybridized carbons (Fsp3) is 0. The van der Waals surface area contributed by atoms with Crippen LogP contribution in [0.2, 0.25) is 0 Å². The highest BCUT2D eigenvalue weighted by molar-refractivity contribution is 7.79. The molecule has 0 aromatic heterocycles. The van der Waals surface area contributed by atoms with Crippen LogP contribution in [0.5, 0.6) is 0 Å². The third-order valence-electron chi connectivity index (χ3n) is 2.24. The number of benzene rings is 1. The van der Waals surface area contributed by atoms with Gasteiger partial charge in [-0.3, -0.25) is 9.00 Å². The SMILES string of the molecule is [N-]=[N+]=C1C=Cc2c(cccc2S(=O)[O-])C1=O. The van der Waals surface area contributed by atoms with E-state index in [2.05, 4.69) is 4.79 Å². The van der Waals surface area contributed by atoms with E-state index >= 15 is 0 Å². The maximum atomic E-state index is 11.7. The topological polar surface area (TPSA) is 93.6 Å². The molecule has 1 aliphatic rings. The first-order valence-corrected chi connectivity index (χ1v) is 5.39. The Morgan fingerprint density at radius 2 is 2.06 bits per heavy atom. The molecule has 1 aromatic rings. The summed E-state index contributed by atoms with van der Waals surface area (Å²) in [7, 11) is 0. The van der Waals surface area contributed by atoms with Gasteiger partial charge in [-0.15, -0.1) is 0 Å². The number of ketones is 1. The fourth-order valence-electron chi connectivity index (χ4n) is 1.51. The molecule has 0 aliphatic heterocycles. The zero-order chi connectivity index (χ0) is 11.7. The van der Waals surface area contributed by atoms with Gasteiger partial charge in [0.2, 0.25) is 0 Å². The average molecular weight is 233 g/mol. The summed E-state index contributed by atoms with van der Waals surface area (Å²) in [5.41, 5.74) is 9.00. The largest absolute Gasteiger partial charge is 0.768 e. The number of hydrogen-bond acceptors (Lipinski definition) is 3. The van der Waals surface area contributed by atoms with Gasteiger partial charge in [0, 0.05) is 22.1 Å². The number of allylic oxidation sites excluding steroid dienone is 1. The van der Waals surface area contributed by atoms with E-state index in [4.69, 9.17) is 5.53 Å². The van der Waals surface area contributed by atoms with Gasteiger partial charge < -0.3 is 10.1 Å². The molecule has 0 amide bonds. The standard InChI is InChI=1S/C10H6N2O3S/c11-12-8-5-4-6-7(10(8)13)2-1-3-9(6)16(14)15/h1-5H,(H,14,15)/p-1. The van der Waals surface area contributed by atoms with E-state index in [1.807, 2.05) is 0 Å². The zero-order valence-corrected chi connectivity index (χ0v) is 8.73. The van der Waals surface area contributed by atoms with Crippen molar-refractivity contribution >= 4 is 28.7 Å². The third kappa shape index (κ3) is 1.55. The first kappa shape index (κ1) is 10.6. The molecule has 0 N–H and O–H groups in total. The Labute approximate surface area is 93.3 Å². The minimum Gasteiger partial charge on any atom is -0.768 e. The molecule has 1 aromatic carbocycles. The van der Waals surface area contributed by atoms with Gasteiger partial charge in [-0.25, -0.2) is 0 Å². The molecule has 16 heavy (non-hydrogen) atoms. The molecule has 0 saturated carbocycles. The Balaban J connectivity index is 2.73. The lowest BCUT2D eigenvalue weighted by molar-refractivity contribution is -0.00436. The van der Waals surface area contributed by atoms with E-state index in [-0.39, 0.29) is 16.2 Å². The van der Waals surface area contributed by atoms with Gasteiger partial charge in [0.25, 0.3) is 5.78 Å². The van der Waals surface area contributed by atoms with Crippen molar-refractivity contribution < 1.29 is 18.3 Å². The van der Waals surface area contributed by atoms with Crippen LogP contribution in [0.1, 0.15) is 15.9 Å². The molecule has 0 fully saturated rings. The molecular formula is C10H5N2O3S-. The van der Waals surface area contributed by atoms with Crippen LogP contribution < -0.4 is 0 Å². The molecule has 0 heterocycles. The summed E-state index contributed by atoms with van der Waals surface area (Å²) in [5, 5.41) is 0. The van der Waals surface area contributed by atoms with Crippen molar-refractivity contribution in [3.8, 4) is 0 Å². The monoisotopic (exact) mass is 233 g/mol. The Hall–Kier alpha value is -1.88. The number of carbonyl (C=O) groups is 1. The van der Waals surface area contributed by atoms with Crippen molar-refractivity contribution in [1.82, 2.24) is 0 Å². The van der Waals surface area contributed by atoms with Gasteiger partial charge in [0.1, 0.15) is 0 Å². The second kappa shape index (κ2) is 3.94. The zero-order valence-electron chi connectivity index (χ0n) is 7.91. The van der Waals surface area contributed by atoms with Crippen LogP contribution in [-0.4, -0.2) is 25.0 Å². The van der Waals surface area contributed by atoms with E-state index in [0.717, 1.165) is 0 Å². The Morgan fingerprint density at radius 3 is 2.69 bits per heavy atom. The van der Waals surface area contributed by atoms with Crippen molar-refractivity contribution in [3.63, 3.8) is 0 Å². The van der Waals surface area contributed by atoms with E-state index in [0.29, 0.717) is 5.56 Å². The van der Waals surface area contributed by atoms with E-state index in [1.165, 1.54) is 30.4 Å². The number of rotatable bonds is 1. The molecular weight excluding hydrogens is 228 g/mol. The summed E-state index contributed by atoms with van der Waals surface area (Å²) in [6.07, 6.45) is 2.72. The molecule has 5 nitrogen and oxygen atoms in total. The Kier molecular flexibility index (Phi) is 2.62. The van der Waals surface area contributed by atoms with Crippen molar-refractivity contribution in [2.45, 2.75) is 4.90 Å². The van der Waals surface area contributed by atoms with Gasteiger partial charge in [-0.2, -0.15) is 4.79 Å². The normalized spacial score (nSPS) is 15.6. The third-order valence-corrected chi connectivity index (χ3v) is 2.95. The summed E-state index contributed by atoms with van der Waals surface area (Å²) >= 11 is -2.40. The van der Waals surface area contributed by atoms with Crippen LogP contribution in [0.3, 0.4) is 0 Å². The number of fused-ring (bicyclic) bond motifs is 1. The summed E-state index contributed by atoms with van der Waals surface area (Å²) in [4.78, 5) is 14.6. The van der Waals surface area contributed by atoms with Gasteiger partial charge in [0.05, 0.1) is 0 Å². The summed E-state index contributed by atoms with van der Waals surface area (Å²) in [5.74, 6) is -0.493. The highest BCUT2D eigenvalue weighted by Gasteiger charge is 2.26. The van der Waals surface area contributed by atoms with Crippen molar-refractivity contribution in [2.24, 2.45) is 0 Å². The van der Waals surface area contributed by atoms with Crippen LogP contribution in [-0.2, 0) is 11.1 Å². The highest BCUT2D eigenvalue weighted by Crippen LogP contribution is 2.23. The van der Waals surface area contributed by atoms with Crippen LogP contribution in [0.25, 0.3) is 11.6 Å². The maximum absolute atomic E-state index is 11.7. The minimum atomic E-state index is -2.40. The number of carbonyl (C=O) groups excluding carboxylic acids is 1. The Bertz CT molecular complexity index is 586. The molecule has 80 valence electrons. The van der Waals surface area contributed by atoms with Crippen molar-refractivity contribution in [1.29, 1.82) is 0 Å². The summed E-state index contributed by atoms with van der Waals surface area (Å²) in [6, 6.07) is 4.36. The van der Waals surface area contributed by atoms with Crippen molar-refractivity contribution in [3.05, 3.63) is 40.9 Å². The van der Waals surface area contributed by atoms with Gasteiger partial charge in [0.15, 0.2) is 0 Å². The summed E-state index contributed by atoms with van der Waals surface area (Å²) < 4.78 is 21.8. The van der Waals surface area contributed by atoms with Gasteiger partial charge >= 0.3 is 5.71 Å². The van der Waals surface area contributed by atoms with Gasteiger partial charge in [-0.05, 0) is 23.2 Å². The molecule has 6 heteroatoms. The number of hydrogen-bond donors (Lipinski definition) is 0. The Morgan fingerprint density at radius 1 is 1.31 bits per heavy atom. The highest BCUT2D eigenvalue weighted by atomic mass is 32.2. The second-order valence-corrected chi connectivity index (χ2v) is 4.01. The number of nitrogens with zero attached hydrogens (tertiary/aromatic N) is 2. The predicted molar refractivity (Wildman–Crippen MR) is 55.6 cm³/mol. The first-order valence-electron chi connectivity index (χ1n) is 4.32. The molecule has 0 spiro atoms. The second-order valence-electron chi connectivity index (χ2n) is 3.10. The quantitative estimate of drug-likeness (QED) is 0.408.